The van der Waals surface area contributed by atoms with Gasteiger partial charge >= 0.3 is 0 Å². The predicted molar refractivity (Wildman–Crippen MR) is 84.8 cm³/mol. The maximum absolute atomic E-state index is 12.3. The predicted octanol–water partition coefficient (Wildman–Crippen LogP) is 2.19. The molecule has 5 nitrogen and oxygen atoms in total. The largest absolute Gasteiger partial charge is 0.286 e. The van der Waals surface area contributed by atoms with Crippen LogP contribution in [0, 0.1) is 6.92 Å². The van der Waals surface area contributed by atoms with Gasteiger partial charge in [0.05, 0.1) is 10.1 Å². The summed E-state index contributed by atoms with van der Waals surface area (Å²) in [5.74, 6) is -0.155. The highest BCUT2D eigenvalue weighted by Gasteiger charge is 2.35. The van der Waals surface area contributed by atoms with Crippen molar-refractivity contribution in [3.8, 4) is 0 Å². The second kappa shape index (κ2) is 6.03. The van der Waals surface area contributed by atoms with Gasteiger partial charge in [-0.3, -0.25) is 9.69 Å². The molecule has 1 aromatic rings. The van der Waals surface area contributed by atoms with Crippen LogP contribution in [0.4, 0.5) is 0 Å². The van der Waals surface area contributed by atoms with E-state index in [0.29, 0.717) is 0 Å². The van der Waals surface area contributed by atoms with Crippen LogP contribution in [-0.4, -0.2) is 36.2 Å². The molecular weight excluding hydrogens is 308 g/mol. The fourth-order valence-electron chi connectivity index (χ4n) is 1.82. The smallest absolute Gasteiger partial charge is 0.284 e. The van der Waals surface area contributed by atoms with Gasteiger partial charge < -0.3 is 0 Å². The van der Waals surface area contributed by atoms with Crippen LogP contribution in [0.3, 0.4) is 0 Å². The van der Waals surface area contributed by atoms with Crippen molar-refractivity contribution in [2.24, 2.45) is 4.40 Å². The molecule has 0 radical (unpaired) electrons. The molecule has 1 saturated heterocycles. The first-order valence-corrected chi connectivity index (χ1v) is 8.67. The van der Waals surface area contributed by atoms with Crippen LogP contribution in [0.15, 0.2) is 46.2 Å². The number of hydrogen-bond acceptors (Lipinski definition) is 4. The van der Waals surface area contributed by atoms with Gasteiger partial charge in [0.25, 0.3) is 10.0 Å². The molecule has 0 aliphatic carbocycles. The maximum Gasteiger partial charge on any atom is 0.284 e. The first kappa shape index (κ1) is 15.8. The number of rotatable bonds is 4. The number of carbonyl (C=O) groups excluding carboxylic acids is 1. The normalized spacial score (nSPS) is 21.0. The Balaban J connectivity index is 2.39. The zero-order valence-electron chi connectivity index (χ0n) is 11.8. The molecule has 7 heteroatoms. The van der Waals surface area contributed by atoms with E-state index in [2.05, 4.69) is 11.0 Å². The fourth-order valence-corrected chi connectivity index (χ4v) is 4.01. The number of thioether (sulfide) groups is 1. The molecule has 2 rings (SSSR count). The van der Waals surface area contributed by atoms with Crippen LogP contribution >= 0.6 is 11.8 Å². The lowest BCUT2D eigenvalue weighted by Gasteiger charge is -2.13. The number of carbonyl (C=O) groups is 1. The number of benzene rings is 1. The molecule has 0 unspecified atom stereocenters. The molecule has 21 heavy (non-hydrogen) atoms. The number of sulfonamides is 1. The zero-order chi connectivity index (χ0) is 15.6. The van der Waals surface area contributed by atoms with Gasteiger partial charge in [-0.25, -0.2) is 0 Å². The van der Waals surface area contributed by atoms with Crippen LogP contribution in [0.5, 0.6) is 0 Å². The quantitative estimate of drug-likeness (QED) is 0.796. The molecule has 0 saturated carbocycles. The maximum atomic E-state index is 12.3. The van der Waals surface area contributed by atoms with E-state index in [4.69, 9.17) is 0 Å². The molecule has 1 aliphatic heterocycles. The van der Waals surface area contributed by atoms with Gasteiger partial charge in [0, 0.05) is 6.54 Å². The first-order chi connectivity index (χ1) is 9.85. The summed E-state index contributed by atoms with van der Waals surface area (Å²) in [5, 5.41) is -0.134. The van der Waals surface area contributed by atoms with Crippen molar-refractivity contribution in [2.75, 3.05) is 6.54 Å². The van der Waals surface area contributed by atoms with Crippen molar-refractivity contribution in [2.45, 2.75) is 24.0 Å². The van der Waals surface area contributed by atoms with Crippen LogP contribution in [0.25, 0.3) is 0 Å². The summed E-state index contributed by atoms with van der Waals surface area (Å²) in [4.78, 5) is 13.4. The average Bonchev–Trinajstić information content (AvgIpc) is 2.67. The van der Waals surface area contributed by atoms with Crippen LogP contribution < -0.4 is 0 Å². The van der Waals surface area contributed by atoms with Gasteiger partial charge in [-0.05, 0) is 26.0 Å². The Morgan fingerprint density at radius 1 is 1.38 bits per heavy atom. The van der Waals surface area contributed by atoms with E-state index in [9.17, 15) is 13.2 Å². The topological polar surface area (TPSA) is 66.8 Å². The van der Waals surface area contributed by atoms with E-state index in [1.54, 1.807) is 25.1 Å². The van der Waals surface area contributed by atoms with Crippen LogP contribution in [0.2, 0.25) is 0 Å². The number of amidine groups is 1. The van der Waals surface area contributed by atoms with Gasteiger partial charge in [-0.2, -0.15) is 8.42 Å². The molecule has 1 aliphatic rings. The van der Waals surface area contributed by atoms with Crippen molar-refractivity contribution in [1.29, 1.82) is 0 Å². The Kier molecular flexibility index (Phi) is 4.53. The summed E-state index contributed by atoms with van der Waals surface area (Å²) in [7, 11) is -3.82. The minimum absolute atomic E-state index is 0.117. The third-order valence-electron chi connectivity index (χ3n) is 2.96. The van der Waals surface area contributed by atoms with Crippen molar-refractivity contribution in [3.63, 3.8) is 0 Å². The van der Waals surface area contributed by atoms with Gasteiger partial charge in [0.15, 0.2) is 5.17 Å². The summed E-state index contributed by atoms with van der Waals surface area (Å²) in [6.45, 7) is 7.43. The Hall–Kier alpha value is -1.60. The standard InChI is InChI=1S/C14H16N2O3S2/c1-4-9-16-13(17)11(3)20-14(16)15-21(18,19)12-7-5-10(2)6-8-12/h4-8,11H,1,9H2,2-3H3/t11-/m0/s1. The molecule has 0 spiro atoms. The average molecular weight is 324 g/mol. The fraction of sp³-hybridized carbons (Fsp3) is 0.286. The Morgan fingerprint density at radius 3 is 2.57 bits per heavy atom. The third kappa shape index (κ3) is 3.36. The van der Waals surface area contributed by atoms with E-state index < -0.39 is 10.0 Å². The molecule has 1 heterocycles. The third-order valence-corrected chi connectivity index (χ3v) is 5.43. The van der Waals surface area contributed by atoms with E-state index >= 15 is 0 Å². The molecular formula is C14H16N2O3S2. The summed E-state index contributed by atoms with van der Waals surface area (Å²) >= 11 is 1.15. The number of amides is 1. The molecule has 1 fully saturated rings. The lowest BCUT2D eigenvalue weighted by atomic mass is 10.2. The number of hydrogen-bond donors (Lipinski definition) is 0. The van der Waals surface area contributed by atoms with Crippen molar-refractivity contribution < 1.29 is 13.2 Å². The Morgan fingerprint density at radius 2 is 2.00 bits per heavy atom. The van der Waals surface area contributed by atoms with Crippen LogP contribution in [0.1, 0.15) is 12.5 Å². The number of aryl methyl sites for hydroxylation is 1. The monoisotopic (exact) mass is 324 g/mol. The van der Waals surface area contributed by atoms with Crippen molar-refractivity contribution >= 4 is 32.9 Å². The molecule has 0 bridgehead atoms. The van der Waals surface area contributed by atoms with E-state index in [-0.39, 0.29) is 27.8 Å². The molecule has 1 amide bonds. The van der Waals surface area contributed by atoms with E-state index in [0.717, 1.165) is 17.3 Å². The molecule has 1 atom stereocenters. The summed E-state index contributed by atoms with van der Waals surface area (Å²) in [6, 6.07) is 6.45. The highest BCUT2D eigenvalue weighted by molar-refractivity contribution is 8.16. The zero-order valence-corrected chi connectivity index (χ0v) is 13.4. The van der Waals surface area contributed by atoms with E-state index in [1.807, 2.05) is 6.92 Å². The molecule has 1 aromatic carbocycles. The Bertz CT molecular complexity index is 693. The number of nitrogens with zero attached hydrogens (tertiary/aromatic N) is 2. The minimum atomic E-state index is -3.82. The van der Waals surface area contributed by atoms with Gasteiger partial charge in [0.2, 0.25) is 5.91 Å². The highest BCUT2D eigenvalue weighted by atomic mass is 32.2. The first-order valence-electron chi connectivity index (χ1n) is 6.35. The molecule has 0 N–H and O–H groups in total. The highest BCUT2D eigenvalue weighted by Crippen LogP contribution is 2.28. The summed E-state index contributed by atoms with van der Waals surface area (Å²) < 4.78 is 28.4. The van der Waals surface area contributed by atoms with Crippen LogP contribution in [-0.2, 0) is 14.8 Å². The van der Waals surface area contributed by atoms with Gasteiger partial charge in [-0.15, -0.1) is 11.0 Å². The van der Waals surface area contributed by atoms with Gasteiger partial charge in [-0.1, -0.05) is 35.5 Å². The van der Waals surface area contributed by atoms with E-state index in [1.165, 1.54) is 17.0 Å². The lowest BCUT2D eigenvalue weighted by molar-refractivity contribution is -0.125. The summed E-state index contributed by atoms with van der Waals surface area (Å²) in [6.07, 6.45) is 1.55. The molecule has 0 aromatic heterocycles. The summed E-state index contributed by atoms with van der Waals surface area (Å²) in [5.41, 5.74) is 0.967. The van der Waals surface area contributed by atoms with Gasteiger partial charge in [0.1, 0.15) is 0 Å². The second-order valence-corrected chi connectivity index (χ2v) is 7.57. The Labute approximate surface area is 128 Å². The molecule has 112 valence electrons. The lowest BCUT2D eigenvalue weighted by Crippen LogP contribution is -2.31. The minimum Gasteiger partial charge on any atom is -0.286 e. The second-order valence-electron chi connectivity index (χ2n) is 4.66. The van der Waals surface area contributed by atoms with Crippen molar-refractivity contribution in [3.05, 3.63) is 42.5 Å². The SMILES string of the molecule is C=CCN1C(=O)[C@H](C)SC1=NS(=O)(=O)c1ccc(C)cc1. The van der Waals surface area contributed by atoms with Crippen molar-refractivity contribution in [1.82, 2.24) is 4.90 Å².